The molecule has 1 fully saturated rings. The molecule has 148 valence electrons. The first kappa shape index (κ1) is 18.3. The van der Waals surface area contributed by atoms with E-state index >= 15 is 0 Å². The summed E-state index contributed by atoms with van der Waals surface area (Å²) in [6.07, 6.45) is 0. The zero-order valence-corrected chi connectivity index (χ0v) is 16.3. The van der Waals surface area contributed by atoms with Crippen LogP contribution in [0.2, 0.25) is 0 Å². The largest absolute Gasteiger partial charge is 0.379 e. The highest BCUT2D eigenvalue weighted by Gasteiger charge is 2.24. The molecule has 1 aliphatic rings. The Morgan fingerprint density at radius 2 is 1.67 bits per heavy atom. The van der Waals surface area contributed by atoms with Crippen LogP contribution in [0.25, 0.3) is 16.9 Å². The maximum Gasteiger partial charge on any atom is 0.265 e. The summed E-state index contributed by atoms with van der Waals surface area (Å²) in [6, 6.07) is 25.7. The third-order valence-electron chi connectivity index (χ3n) is 5.12. The zero-order valence-electron chi connectivity index (χ0n) is 16.3. The number of hydrogen-bond acceptors (Lipinski definition) is 6. The lowest BCUT2D eigenvalue weighted by Gasteiger charge is -2.36. The van der Waals surface area contributed by atoms with Gasteiger partial charge >= 0.3 is 0 Å². The summed E-state index contributed by atoms with van der Waals surface area (Å²) in [6.45, 7) is 2.89. The van der Waals surface area contributed by atoms with Crippen LogP contribution in [-0.2, 0) is 4.74 Å². The van der Waals surface area contributed by atoms with Crippen LogP contribution >= 0.6 is 0 Å². The number of rotatable bonds is 4. The van der Waals surface area contributed by atoms with Gasteiger partial charge in [0.05, 0.1) is 36.2 Å². The van der Waals surface area contributed by atoms with E-state index < -0.39 is 0 Å². The summed E-state index contributed by atoms with van der Waals surface area (Å²) in [5, 5.41) is 18.2. The summed E-state index contributed by atoms with van der Waals surface area (Å²) < 4.78 is 7.39. The lowest BCUT2D eigenvalue weighted by Crippen LogP contribution is -2.47. The van der Waals surface area contributed by atoms with E-state index in [2.05, 4.69) is 28.2 Å². The molecule has 0 unspecified atom stereocenters. The van der Waals surface area contributed by atoms with Crippen molar-refractivity contribution in [1.82, 2.24) is 19.6 Å². The lowest BCUT2D eigenvalue weighted by molar-refractivity contribution is 0.0372. The molecule has 0 bridgehead atoms. The quantitative estimate of drug-likeness (QED) is 0.524. The molecule has 5 rings (SSSR count). The fourth-order valence-corrected chi connectivity index (χ4v) is 3.65. The number of pyridine rings is 1. The Balaban J connectivity index is 1.61. The van der Waals surface area contributed by atoms with Gasteiger partial charge in [0, 0.05) is 18.7 Å². The summed E-state index contributed by atoms with van der Waals surface area (Å²) in [4.78, 5) is 4.83. The molecule has 0 spiro atoms. The molecule has 7 heteroatoms. The number of morpholine rings is 1. The average molecular weight is 396 g/mol. The van der Waals surface area contributed by atoms with Crippen LogP contribution in [0.3, 0.4) is 0 Å². The minimum Gasteiger partial charge on any atom is -0.379 e. The second-order valence-corrected chi connectivity index (χ2v) is 7.00. The third kappa shape index (κ3) is 3.39. The normalized spacial score (nSPS) is 14.5. The third-order valence-corrected chi connectivity index (χ3v) is 5.12. The van der Waals surface area contributed by atoms with Gasteiger partial charge in [-0.05, 0) is 36.4 Å². The van der Waals surface area contributed by atoms with Crippen molar-refractivity contribution in [2.75, 3.05) is 31.3 Å². The van der Waals surface area contributed by atoms with Crippen LogP contribution in [0.15, 0.2) is 72.8 Å². The predicted molar refractivity (Wildman–Crippen MR) is 114 cm³/mol. The van der Waals surface area contributed by atoms with Crippen molar-refractivity contribution in [3.8, 4) is 17.3 Å². The molecule has 4 aromatic rings. The monoisotopic (exact) mass is 396 g/mol. The van der Waals surface area contributed by atoms with Crippen LogP contribution in [-0.4, -0.2) is 45.9 Å². The number of ether oxygens (including phenoxy) is 1. The highest BCUT2D eigenvalue weighted by atomic mass is 16.5. The van der Waals surface area contributed by atoms with Crippen molar-refractivity contribution >= 4 is 17.3 Å². The number of fused-ring (bicyclic) bond motifs is 1. The second-order valence-electron chi connectivity index (χ2n) is 7.00. The van der Waals surface area contributed by atoms with E-state index in [1.165, 1.54) is 0 Å². The minimum atomic E-state index is 0.615. The highest BCUT2D eigenvalue weighted by Crippen LogP contribution is 2.28. The van der Waals surface area contributed by atoms with Crippen molar-refractivity contribution in [2.24, 2.45) is 0 Å². The van der Waals surface area contributed by atoms with E-state index in [0.717, 1.165) is 35.7 Å². The molecule has 2 aromatic heterocycles. The van der Waals surface area contributed by atoms with E-state index in [0.29, 0.717) is 24.7 Å². The number of aromatic nitrogens is 3. The van der Waals surface area contributed by atoms with Gasteiger partial charge in [-0.2, -0.15) is 10.2 Å². The fourth-order valence-electron chi connectivity index (χ4n) is 3.65. The number of benzene rings is 2. The topological polar surface area (TPSA) is 69.7 Å². The Hall–Kier alpha value is -3.73. The SMILES string of the molecule is N#Cc1ccc(-c2cccc3nc(N(c4ccccc4)N4CCOCC4)nn23)cc1. The minimum absolute atomic E-state index is 0.615. The van der Waals surface area contributed by atoms with Crippen molar-refractivity contribution in [3.05, 3.63) is 78.4 Å². The first-order valence-corrected chi connectivity index (χ1v) is 9.87. The molecular weight excluding hydrogens is 376 g/mol. The molecule has 1 aliphatic heterocycles. The number of para-hydroxylation sites is 1. The van der Waals surface area contributed by atoms with Crippen LogP contribution in [0.5, 0.6) is 0 Å². The van der Waals surface area contributed by atoms with E-state index in [4.69, 9.17) is 20.1 Å². The smallest absolute Gasteiger partial charge is 0.265 e. The summed E-state index contributed by atoms with van der Waals surface area (Å²) in [5.41, 5.74) is 4.31. The van der Waals surface area contributed by atoms with Crippen LogP contribution in [0, 0.1) is 11.3 Å². The maximum atomic E-state index is 9.07. The molecule has 0 amide bonds. The standard InChI is InChI=1S/C23H20N6O/c24-17-18-9-11-19(12-10-18)21-7-4-8-22-25-23(26-28(21)22)29(20-5-2-1-3-6-20)27-13-15-30-16-14-27/h1-12H,13-16H2. The molecule has 0 N–H and O–H groups in total. The van der Waals surface area contributed by atoms with Gasteiger partial charge < -0.3 is 4.74 Å². The Morgan fingerprint density at radius 3 is 2.40 bits per heavy atom. The van der Waals surface area contributed by atoms with Crippen molar-refractivity contribution in [3.63, 3.8) is 0 Å². The van der Waals surface area contributed by atoms with E-state index in [1.54, 1.807) is 0 Å². The number of hydrazine groups is 1. The number of anilines is 2. The Labute approximate surface area is 174 Å². The Bertz CT molecular complexity index is 1190. The van der Waals surface area contributed by atoms with Gasteiger partial charge in [0.2, 0.25) is 0 Å². The maximum absolute atomic E-state index is 9.07. The zero-order chi connectivity index (χ0) is 20.3. The van der Waals surface area contributed by atoms with Crippen LogP contribution < -0.4 is 5.01 Å². The van der Waals surface area contributed by atoms with E-state index in [-0.39, 0.29) is 0 Å². The molecule has 0 saturated carbocycles. The van der Waals surface area contributed by atoms with Crippen molar-refractivity contribution in [1.29, 1.82) is 5.26 Å². The predicted octanol–water partition coefficient (Wildman–Crippen LogP) is 3.65. The molecule has 7 nitrogen and oxygen atoms in total. The number of nitrogens with zero attached hydrogens (tertiary/aromatic N) is 6. The first-order chi connectivity index (χ1) is 14.8. The number of hydrogen-bond donors (Lipinski definition) is 0. The molecule has 0 radical (unpaired) electrons. The molecular formula is C23H20N6O. The highest BCUT2D eigenvalue weighted by molar-refractivity contribution is 5.66. The molecule has 0 atom stereocenters. The fraction of sp³-hybridized carbons (Fsp3) is 0.174. The van der Waals surface area contributed by atoms with Gasteiger partial charge in [-0.1, -0.05) is 36.4 Å². The van der Waals surface area contributed by atoms with Crippen LogP contribution in [0.1, 0.15) is 5.56 Å². The molecule has 0 aliphatic carbocycles. The lowest BCUT2D eigenvalue weighted by atomic mass is 10.1. The van der Waals surface area contributed by atoms with Gasteiger partial charge in [0.25, 0.3) is 5.95 Å². The molecule has 30 heavy (non-hydrogen) atoms. The second kappa shape index (κ2) is 7.95. The molecule has 3 heterocycles. The number of nitriles is 1. The Morgan fingerprint density at radius 1 is 0.900 bits per heavy atom. The van der Waals surface area contributed by atoms with Crippen LogP contribution in [0.4, 0.5) is 11.6 Å². The van der Waals surface area contributed by atoms with Gasteiger partial charge in [0.1, 0.15) is 0 Å². The van der Waals surface area contributed by atoms with Gasteiger partial charge in [0.15, 0.2) is 5.65 Å². The van der Waals surface area contributed by atoms with Gasteiger partial charge in [-0.25, -0.2) is 14.5 Å². The van der Waals surface area contributed by atoms with Crippen molar-refractivity contribution < 1.29 is 4.74 Å². The van der Waals surface area contributed by atoms with Crippen molar-refractivity contribution in [2.45, 2.75) is 0 Å². The summed E-state index contributed by atoms with van der Waals surface area (Å²) >= 11 is 0. The Kier molecular flexibility index (Phi) is 4.85. The van der Waals surface area contributed by atoms with Gasteiger partial charge in [-0.15, -0.1) is 5.10 Å². The van der Waals surface area contributed by atoms with E-state index in [1.807, 2.05) is 65.2 Å². The molecule has 2 aromatic carbocycles. The molecule has 1 saturated heterocycles. The van der Waals surface area contributed by atoms with E-state index in [9.17, 15) is 0 Å². The average Bonchev–Trinajstić information content (AvgIpc) is 3.24. The van der Waals surface area contributed by atoms with Gasteiger partial charge in [-0.3, -0.25) is 0 Å². The summed E-state index contributed by atoms with van der Waals surface area (Å²) in [7, 11) is 0. The first-order valence-electron chi connectivity index (χ1n) is 9.87. The summed E-state index contributed by atoms with van der Waals surface area (Å²) in [5.74, 6) is 0.615.